The number of carbonyl (C=O) groups is 4. The molecule has 0 unspecified atom stereocenters. The summed E-state index contributed by atoms with van der Waals surface area (Å²) in [6, 6.07) is 11.1. The molecule has 0 radical (unpaired) electrons. The normalized spacial score (nSPS) is 14.2. The molecule has 226 valence electrons. The summed E-state index contributed by atoms with van der Waals surface area (Å²) in [5, 5.41) is 3.91. The van der Waals surface area contributed by atoms with E-state index in [1.54, 1.807) is 32.1 Å². The van der Waals surface area contributed by atoms with Crippen molar-refractivity contribution in [3.05, 3.63) is 47.1 Å². The molecule has 0 bridgehead atoms. The standard InChI is InChI=1S/C31H35N5O5S2/c1-5-7-13-27(38)34(17-6-2)20-26(37)32-16-10-18-35-24-12-9-8-11-23(24)33-30(35)43-28-15-14-22(41-28)19-25-29(39)36(21(3)4)31(40)42-25/h2,8-9,11-12,14-15,19,21H,5,7,10,13,16-18,20H2,1,3-4H3,(H,32,37). The zero-order valence-electron chi connectivity index (χ0n) is 24.5. The van der Waals surface area contributed by atoms with Gasteiger partial charge in [-0.2, -0.15) is 0 Å². The molecule has 4 amide bonds. The van der Waals surface area contributed by atoms with Crippen LogP contribution in [-0.4, -0.2) is 68.0 Å². The summed E-state index contributed by atoms with van der Waals surface area (Å²) in [5.41, 5.74) is 1.78. The molecule has 10 nitrogen and oxygen atoms in total. The lowest BCUT2D eigenvalue weighted by Crippen LogP contribution is -2.41. The number of unbranched alkanes of at least 4 members (excludes halogenated alkanes) is 1. The molecule has 1 aliphatic rings. The minimum absolute atomic E-state index is 0.0629. The summed E-state index contributed by atoms with van der Waals surface area (Å²) in [4.78, 5) is 57.5. The third-order valence-corrected chi connectivity index (χ3v) is 8.42. The Hall–Kier alpha value is -3.95. The van der Waals surface area contributed by atoms with E-state index in [0.29, 0.717) is 41.7 Å². The third-order valence-electron chi connectivity index (χ3n) is 6.62. The Kier molecular flexibility index (Phi) is 11.1. The van der Waals surface area contributed by atoms with Gasteiger partial charge in [0.05, 0.1) is 22.5 Å². The number of aryl methyl sites for hydroxylation is 1. The maximum Gasteiger partial charge on any atom is 0.293 e. The van der Waals surface area contributed by atoms with Crippen molar-refractivity contribution in [2.24, 2.45) is 0 Å². The fourth-order valence-corrected chi connectivity index (χ4v) is 6.32. The summed E-state index contributed by atoms with van der Waals surface area (Å²) in [6.07, 6.45) is 9.65. The number of terminal acetylenes is 1. The fourth-order valence-electron chi connectivity index (χ4n) is 4.48. The van der Waals surface area contributed by atoms with Crippen LogP contribution in [0.15, 0.2) is 56.0 Å². The molecule has 1 aromatic carbocycles. The number of para-hydroxylation sites is 2. The van der Waals surface area contributed by atoms with E-state index in [1.165, 1.54) is 21.6 Å². The van der Waals surface area contributed by atoms with Gasteiger partial charge in [-0.15, -0.1) is 6.42 Å². The second kappa shape index (κ2) is 15.0. The van der Waals surface area contributed by atoms with Crippen molar-refractivity contribution < 1.29 is 23.6 Å². The van der Waals surface area contributed by atoms with Crippen LogP contribution in [0.5, 0.6) is 0 Å². The first-order chi connectivity index (χ1) is 20.7. The van der Waals surface area contributed by atoms with Gasteiger partial charge in [-0.25, -0.2) is 4.98 Å². The Bertz CT molecular complexity index is 1570. The number of amides is 4. The smallest absolute Gasteiger partial charge is 0.293 e. The summed E-state index contributed by atoms with van der Waals surface area (Å²) in [5.74, 6) is 2.24. The van der Waals surface area contributed by atoms with E-state index in [9.17, 15) is 19.2 Å². The maximum absolute atomic E-state index is 12.6. The first-order valence-corrected chi connectivity index (χ1v) is 15.8. The van der Waals surface area contributed by atoms with Gasteiger partial charge in [-0.3, -0.25) is 24.1 Å². The Morgan fingerprint density at radius 1 is 1.21 bits per heavy atom. The summed E-state index contributed by atoms with van der Waals surface area (Å²) >= 11 is 2.25. The number of nitrogens with one attached hydrogen (secondary N) is 1. The molecule has 0 saturated carbocycles. The lowest BCUT2D eigenvalue weighted by atomic mass is 10.2. The molecule has 3 aromatic rings. The molecule has 1 aliphatic heterocycles. The molecule has 4 rings (SSSR count). The summed E-state index contributed by atoms with van der Waals surface area (Å²) < 4.78 is 8.04. The number of furan rings is 1. The molecule has 43 heavy (non-hydrogen) atoms. The fraction of sp³-hybridized carbons (Fsp3) is 0.387. The average Bonchev–Trinajstić information content (AvgIpc) is 3.64. The van der Waals surface area contributed by atoms with Gasteiger partial charge in [-0.1, -0.05) is 31.4 Å². The van der Waals surface area contributed by atoms with Crippen LogP contribution in [0.2, 0.25) is 0 Å². The first-order valence-electron chi connectivity index (χ1n) is 14.2. The number of benzene rings is 1. The second-order valence-corrected chi connectivity index (χ2v) is 12.2. The lowest BCUT2D eigenvalue weighted by Gasteiger charge is -2.19. The number of fused-ring (bicyclic) bond motifs is 1. The van der Waals surface area contributed by atoms with E-state index < -0.39 is 0 Å². The zero-order chi connectivity index (χ0) is 30.9. The average molecular weight is 622 g/mol. The van der Waals surface area contributed by atoms with Gasteiger partial charge in [-0.05, 0) is 74.5 Å². The van der Waals surface area contributed by atoms with Crippen molar-refractivity contribution in [2.75, 3.05) is 19.6 Å². The zero-order valence-corrected chi connectivity index (χ0v) is 26.1. The first kappa shape index (κ1) is 32.0. The SMILES string of the molecule is C#CCN(CC(=O)NCCCn1c(Sc2ccc(C=C3SC(=O)N(C(C)C)C3=O)o2)nc2ccccc21)C(=O)CCCC. The van der Waals surface area contributed by atoms with Crippen molar-refractivity contribution in [2.45, 2.75) is 69.3 Å². The number of nitrogens with zero attached hydrogens (tertiary/aromatic N) is 4. The summed E-state index contributed by atoms with van der Waals surface area (Å²) in [6.45, 7) is 6.65. The predicted molar refractivity (Wildman–Crippen MR) is 168 cm³/mol. The van der Waals surface area contributed by atoms with Gasteiger partial charge in [0.25, 0.3) is 11.1 Å². The monoisotopic (exact) mass is 621 g/mol. The van der Waals surface area contributed by atoms with Gasteiger partial charge >= 0.3 is 0 Å². The van der Waals surface area contributed by atoms with E-state index in [-0.39, 0.29) is 42.1 Å². The number of rotatable bonds is 14. The van der Waals surface area contributed by atoms with E-state index in [2.05, 4.69) is 15.8 Å². The van der Waals surface area contributed by atoms with Crippen LogP contribution in [0.4, 0.5) is 4.79 Å². The molecule has 1 fully saturated rings. The van der Waals surface area contributed by atoms with Gasteiger partial charge < -0.3 is 19.2 Å². The van der Waals surface area contributed by atoms with Crippen LogP contribution in [0.1, 0.15) is 52.2 Å². The molecule has 0 spiro atoms. The van der Waals surface area contributed by atoms with Crippen molar-refractivity contribution in [1.82, 2.24) is 24.7 Å². The Morgan fingerprint density at radius 3 is 2.72 bits per heavy atom. The van der Waals surface area contributed by atoms with Crippen LogP contribution in [0.3, 0.4) is 0 Å². The molecule has 1 saturated heterocycles. The molecule has 0 atom stereocenters. The lowest BCUT2D eigenvalue weighted by molar-refractivity contribution is -0.135. The van der Waals surface area contributed by atoms with Crippen LogP contribution >= 0.6 is 23.5 Å². The highest BCUT2D eigenvalue weighted by atomic mass is 32.2. The van der Waals surface area contributed by atoms with Gasteiger partial charge in [0, 0.05) is 31.6 Å². The Labute approximate surface area is 259 Å². The highest BCUT2D eigenvalue weighted by Gasteiger charge is 2.36. The van der Waals surface area contributed by atoms with Gasteiger partial charge in [0.1, 0.15) is 12.3 Å². The number of imidazole rings is 1. The van der Waals surface area contributed by atoms with E-state index in [4.69, 9.17) is 15.8 Å². The number of hydrogen-bond acceptors (Lipinski definition) is 8. The number of imide groups is 1. The molecule has 3 heterocycles. The van der Waals surface area contributed by atoms with Crippen LogP contribution in [0.25, 0.3) is 17.1 Å². The van der Waals surface area contributed by atoms with Crippen molar-refractivity contribution in [3.63, 3.8) is 0 Å². The quantitative estimate of drug-likeness (QED) is 0.145. The van der Waals surface area contributed by atoms with Crippen molar-refractivity contribution in [3.8, 4) is 12.3 Å². The highest BCUT2D eigenvalue weighted by molar-refractivity contribution is 8.18. The molecule has 1 N–H and O–H groups in total. The molecular formula is C31H35N5O5S2. The van der Waals surface area contributed by atoms with Gasteiger partial charge in [0.2, 0.25) is 11.8 Å². The van der Waals surface area contributed by atoms with Crippen LogP contribution in [0, 0.1) is 12.3 Å². The topological polar surface area (TPSA) is 118 Å². The minimum Gasteiger partial charge on any atom is -0.450 e. The number of carbonyl (C=O) groups excluding carboxylic acids is 4. The molecule has 0 aliphatic carbocycles. The second-order valence-electron chi connectivity index (χ2n) is 10.2. The van der Waals surface area contributed by atoms with E-state index in [0.717, 1.165) is 40.8 Å². The van der Waals surface area contributed by atoms with Crippen molar-refractivity contribution in [1.29, 1.82) is 0 Å². The predicted octanol–water partition coefficient (Wildman–Crippen LogP) is 5.38. The Balaban J connectivity index is 1.39. The number of hydrogen-bond donors (Lipinski definition) is 1. The molecular weight excluding hydrogens is 587 g/mol. The van der Waals surface area contributed by atoms with E-state index >= 15 is 0 Å². The Morgan fingerprint density at radius 2 is 2.00 bits per heavy atom. The van der Waals surface area contributed by atoms with Gasteiger partial charge in [0.15, 0.2) is 10.2 Å². The van der Waals surface area contributed by atoms with Crippen molar-refractivity contribution >= 4 is 63.6 Å². The molecule has 2 aromatic heterocycles. The third kappa shape index (κ3) is 8.12. The number of thioether (sulfide) groups is 1. The van der Waals surface area contributed by atoms with Crippen LogP contribution in [-0.2, 0) is 20.9 Å². The maximum atomic E-state index is 12.6. The number of aromatic nitrogens is 2. The minimum atomic E-state index is -0.323. The largest absolute Gasteiger partial charge is 0.450 e. The van der Waals surface area contributed by atoms with Crippen LogP contribution < -0.4 is 5.32 Å². The highest BCUT2D eigenvalue weighted by Crippen LogP contribution is 2.36. The molecule has 12 heteroatoms. The van der Waals surface area contributed by atoms with E-state index in [1.807, 2.05) is 31.2 Å². The summed E-state index contributed by atoms with van der Waals surface area (Å²) in [7, 11) is 0.